The van der Waals surface area contributed by atoms with Crippen molar-refractivity contribution in [1.29, 1.82) is 0 Å². The first-order valence-corrected chi connectivity index (χ1v) is 5.98. The second kappa shape index (κ2) is 5.84. The summed E-state index contributed by atoms with van der Waals surface area (Å²) in [5, 5.41) is 18.8. The predicted molar refractivity (Wildman–Crippen MR) is 64.8 cm³/mol. The lowest BCUT2D eigenvalue weighted by Crippen LogP contribution is -2.49. The van der Waals surface area contributed by atoms with E-state index < -0.39 is 18.3 Å². The maximum Gasteiger partial charge on any atom is 0.410 e. The van der Waals surface area contributed by atoms with Gasteiger partial charge >= 0.3 is 6.09 Å². The average molecular weight is 251 g/mol. The maximum absolute atomic E-state index is 11.7. The Balaban J connectivity index is 1.82. The van der Waals surface area contributed by atoms with Gasteiger partial charge in [0.2, 0.25) is 0 Å². The molecule has 2 N–H and O–H groups in total. The summed E-state index contributed by atoms with van der Waals surface area (Å²) in [6.07, 6.45) is -1.71. The fraction of sp³-hybridized carbons (Fsp3) is 0.462. The first-order valence-electron chi connectivity index (χ1n) is 5.98. The first kappa shape index (κ1) is 12.9. The number of ether oxygens (including phenoxy) is 1. The number of piperidine rings is 1. The second-order valence-electron chi connectivity index (χ2n) is 4.41. The van der Waals surface area contributed by atoms with E-state index in [4.69, 9.17) is 4.74 Å². The topological polar surface area (TPSA) is 70.0 Å². The van der Waals surface area contributed by atoms with Gasteiger partial charge in [-0.3, -0.25) is 0 Å². The summed E-state index contributed by atoms with van der Waals surface area (Å²) in [6.45, 7) is 0.745. The fourth-order valence-corrected chi connectivity index (χ4v) is 1.90. The van der Waals surface area contributed by atoms with Crippen LogP contribution in [0.4, 0.5) is 4.79 Å². The Morgan fingerprint density at radius 1 is 1.28 bits per heavy atom. The van der Waals surface area contributed by atoms with Crippen molar-refractivity contribution in [3.8, 4) is 0 Å². The summed E-state index contributed by atoms with van der Waals surface area (Å²) in [5.74, 6) is 0. The van der Waals surface area contributed by atoms with Gasteiger partial charge in [-0.15, -0.1) is 0 Å². The van der Waals surface area contributed by atoms with Crippen molar-refractivity contribution in [2.75, 3.05) is 13.1 Å². The molecule has 1 amide bonds. The van der Waals surface area contributed by atoms with Gasteiger partial charge in [0.1, 0.15) is 6.61 Å². The monoisotopic (exact) mass is 251 g/mol. The van der Waals surface area contributed by atoms with E-state index in [-0.39, 0.29) is 13.2 Å². The molecule has 2 unspecified atom stereocenters. The van der Waals surface area contributed by atoms with Gasteiger partial charge in [-0.05, 0) is 12.0 Å². The highest BCUT2D eigenvalue weighted by Crippen LogP contribution is 2.12. The van der Waals surface area contributed by atoms with Crippen LogP contribution < -0.4 is 0 Å². The highest BCUT2D eigenvalue weighted by Gasteiger charge is 2.29. The van der Waals surface area contributed by atoms with Crippen molar-refractivity contribution in [2.45, 2.75) is 25.2 Å². The lowest BCUT2D eigenvalue weighted by atomic mass is 10.1. The van der Waals surface area contributed by atoms with E-state index in [2.05, 4.69) is 0 Å². The zero-order valence-corrected chi connectivity index (χ0v) is 10.0. The Morgan fingerprint density at radius 3 is 2.67 bits per heavy atom. The molecule has 1 aromatic rings. The highest BCUT2D eigenvalue weighted by molar-refractivity contribution is 5.67. The summed E-state index contributed by atoms with van der Waals surface area (Å²) in [6, 6.07) is 9.41. The van der Waals surface area contributed by atoms with Crippen LogP contribution in [0.25, 0.3) is 0 Å². The molecule has 0 bridgehead atoms. The van der Waals surface area contributed by atoms with Crippen molar-refractivity contribution in [3.05, 3.63) is 35.9 Å². The number of nitrogens with zero attached hydrogens (tertiary/aromatic N) is 1. The predicted octanol–water partition coefficient (Wildman–Crippen LogP) is 0.751. The Labute approximate surface area is 106 Å². The van der Waals surface area contributed by atoms with Crippen LogP contribution in [0.3, 0.4) is 0 Å². The zero-order valence-electron chi connectivity index (χ0n) is 10.0. The Bertz CT molecular complexity index is 395. The Hall–Kier alpha value is -1.59. The molecule has 0 spiro atoms. The zero-order chi connectivity index (χ0) is 13.0. The van der Waals surface area contributed by atoms with Crippen molar-refractivity contribution in [1.82, 2.24) is 4.90 Å². The lowest BCUT2D eigenvalue weighted by Gasteiger charge is -2.32. The minimum atomic E-state index is -0.886. The number of rotatable bonds is 2. The normalized spacial score (nSPS) is 23.8. The standard InChI is InChI=1S/C13H17NO4/c15-11-6-7-14(8-12(11)16)13(17)18-9-10-4-2-1-3-5-10/h1-5,11-12,15-16H,6-9H2. The molecule has 98 valence electrons. The quantitative estimate of drug-likeness (QED) is 0.813. The van der Waals surface area contributed by atoms with Gasteiger partial charge in [-0.2, -0.15) is 0 Å². The number of carbonyl (C=O) groups is 1. The molecule has 5 nitrogen and oxygen atoms in total. The van der Waals surface area contributed by atoms with Crippen molar-refractivity contribution < 1.29 is 19.7 Å². The molecule has 0 aliphatic carbocycles. The number of carbonyl (C=O) groups excluding carboxylic acids is 1. The van der Waals surface area contributed by atoms with Gasteiger partial charge in [0.05, 0.1) is 18.8 Å². The molecule has 2 rings (SSSR count). The van der Waals surface area contributed by atoms with Gasteiger partial charge < -0.3 is 19.8 Å². The molecule has 0 saturated carbocycles. The SMILES string of the molecule is O=C(OCc1ccccc1)N1CCC(O)C(O)C1. The van der Waals surface area contributed by atoms with Gasteiger partial charge in [0.15, 0.2) is 0 Å². The minimum absolute atomic E-state index is 0.120. The minimum Gasteiger partial charge on any atom is -0.445 e. The number of amides is 1. The van der Waals surface area contributed by atoms with Gasteiger partial charge in [0, 0.05) is 6.54 Å². The van der Waals surface area contributed by atoms with E-state index in [0.29, 0.717) is 13.0 Å². The molecular formula is C13H17NO4. The molecule has 2 atom stereocenters. The van der Waals surface area contributed by atoms with Crippen LogP contribution >= 0.6 is 0 Å². The van der Waals surface area contributed by atoms with E-state index in [1.807, 2.05) is 30.3 Å². The van der Waals surface area contributed by atoms with Crippen LogP contribution in [-0.4, -0.2) is 46.5 Å². The summed E-state index contributed by atoms with van der Waals surface area (Å²) in [5.41, 5.74) is 0.920. The van der Waals surface area contributed by atoms with Crippen LogP contribution in [0.2, 0.25) is 0 Å². The van der Waals surface area contributed by atoms with Gasteiger partial charge in [-0.1, -0.05) is 30.3 Å². The lowest BCUT2D eigenvalue weighted by molar-refractivity contribution is -0.0371. The van der Waals surface area contributed by atoms with E-state index in [1.54, 1.807) is 0 Å². The molecular weight excluding hydrogens is 234 g/mol. The number of benzene rings is 1. The van der Waals surface area contributed by atoms with Crippen molar-refractivity contribution >= 4 is 6.09 Å². The van der Waals surface area contributed by atoms with Crippen LogP contribution in [-0.2, 0) is 11.3 Å². The van der Waals surface area contributed by atoms with Gasteiger partial charge in [0.25, 0.3) is 0 Å². The molecule has 18 heavy (non-hydrogen) atoms. The number of aliphatic hydroxyl groups is 2. The van der Waals surface area contributed by atoms with E-state index >= 15 is 0 Å². The van der Waals surface area contributed by atoms with E-state index in [9.17, 15) is 15.0 Å². The number of hydrogen-bond acceptors (Lipinski definition) is 4. The van der Waals surface area contributed by atoms with Crippen LogP contribution in [0, 0.1) is 0 Å². The van der Waals surface area contributed by atoms with Crippen LogP contribution in [0.1, 0.15) is 12.0 Å². The molecule has 0 aromatic heterocycles. The maximum atomic E-state index is 11.7. The second-order valence-corrected chi connectivity index (χ2v) is 4.41. The summed E-state index contributed by atoms with van der Waals surface area (Å²) in [7, 11) is 0. The number of likely N-dealkylation sites (tertiary alicyclic amines) is 1. The smallest absolute Gasteiger partial charge is 0.410 e. The molecule has 5 heteroatoms. The molecule has 0 radical (unpaired) electrons. The largest absolute Gasteiger partial charge is 0.445 e. The first-order chi connectivity index (χ1) is 8.66. The average Bonchev–Trinajstić information content (AvgIpc) is 2.40. The van der Waals surface area contributed by atoms with E-state index in [0.717, 1.165) is 5.56 Å². The Morgan fingerprint density at radius 2 is 2.00 bits per heavy atom. The molecule has 1 heterocycles. The number of aliphatic hydroxyl groups excluding tert-OH is 2. The Kier molecular flexibility index (Phi) is 4.17. The summed E-state index contributed by atoms with van der Waals surface area (Å²) >= 11 is 0. The molecule has 1 aliphatic heterocycles. The van der Waals surface area contributed by atoms with E-state index in [1.165, 1.54) is 4.90 Å². The number of hydrogen-bond donors (Lipinski definition) is 2. The molecule has 1 aromatic carbocycles. The third-order valence-electron chi connectivity index (χ3n) is 3.01. The third kappa shape index (κ3) is 3.21. The van der Waals surface area contributed by atoms with Crippen LogP contribution in [0.15, 0.2) is 30.3 Å². The summed E-state index contributed by atoms with van der Waals surface area (Å²) in [4.78, 5) is 13.2. The highest BCUT2D eigenvalue weighted by atomic mass is 16.6. The van der Waals surface area contributed by atoms with Crippen LogP contribution in [0.5, 0.6) is 0 Å². The molecule has 1 saturated heterocycles. The third-order valence-corrected chi connectivity index (χ3v) is 3.01. The number of β-amino-alcohol motifs (C(OH)–C–C–N with tert-alkyl or cyclic N) is 1. The summed E-state index contributed by atoms with van der Waals surface area (Å²) < 4.78 is 5.15. The molecule has 1 aliphatic rings. The molecule has 1 fully saturated rings. The fourth-order valence-electron chi connectivity index (χ4n) is 1.90. The van der Waals surface area contributed by atoms with Crippen molar-refractivity contribution in [2.24, 2.45) is 0 Å². The van der Waals surface area contributed by atoms with Gasteiger partial charge in [-0.25, -0.2) is 4.79 Å². The van der Waals surface area contributed by atoms with Crippen molar-refractivity contribution in [3.63, 3.8) is 0 Å².